The van der Waals surface area contributed by atoms with E-state index in [2.05, 4.69) is 87.1 Å². The molecule has 120 valence electrons. The standard InChI is InChI=1S/C18H30BrNO/c1-13(2)11-14(3)21-17(12-20-18(4,5)6)15-7-9-16(19)10-8-15/h7-10,13-14,17,20H,11-12H2,1-6H3. The van der Waals surface area contributed by atoms with E-state index in [9.17, 15) is 0 Å². The minimum absolute atomic E-state index is 0.0890. The second-order valence-corrected chi connectivity index (χ2v) is 8.16. The summed E-state index contributed by atoms with van der Waals surface area (Å²) in [4.78, 5) is 0. The molecule has 0 spiro atoms. The van der Waals surface area contributed by atoms with E-state index < -0.39 is 0 Å². The lowest BCUT2D eigenvalue weighted by Gasteiger charge is -2.28. The van der Waals surface area contributed by atoms with Crippen LogP contribution in [0.25, 0.3) is 0 Å². The highest BCUT2D eigenvalue weighted by molar-refractivity contribution is 9.10. The van der Waals surface area contributed by atoms with Crippen LogP contribution in [-0.4, -0.2) is 18.2 Å². The molecule has 1 aromatic carbocycles. The Morgan fingerprint density at radius 2 is 1.67 bits per heavy atom. The lowest BCUT2D eigenvalue weighted by atomic mass is 10.0. The van der Waals surface area contributed by atoms with Gasteiger partial charge in [0.25, 0.3) is 0 Å². The van der Waals surface area contributed by atoms with Crippen molar-refractivity contribution in [1.29, 1.82) is 0 Å². The van der Waals surface area contributed by atoms with Gasteiger partial charge in [0, 0.05) is 16.6 Å². The lowest BCUT2D eigenvalue weighted by molar-refractivity contribution is -0.0152. The van der Waals surface area contributed by atoms with Gasteiger partial charge in [-0.3, -0.25) is 0 Å². The smallest absolute Gasteiger partial charge is 0.0953 e. The molecule has 3 heteroatoms. The van der Waals surface area contributed by atoms with Crippen LogP contribution < -0.4 is 5.32 Å². The normalized spacial score (nSPS) is 15.2. The number of hydrogen-bond acceptors (Lipinski definition) is 2. The van der Waals surface area contributed by atoms with Gasteiger partial charge in [0.05, 0.1) is 12.2 Å². The Kier molecular flexibility index (Phi) is 7.38. The molecule has 0 aliphatic carbocycles. The minimum atomic E-state index is 0.0890. The molecule has 0 amide bonds. The summed E-state index contributed by atoms with van der Waals surface area (Å²) in [5.41, 5.74) is 1.32. The highest BCUT2D eigenvalue weighted by Gasteiger charge is 2.19. The van der Waals surface area contributed by atoms with Gasteiger partial charge in [0.2, 0.25) is 0 Å². The highest BCUT2D eigenvalue weighted by Crippen LogP contribution is 2.23. The second-order valence-electron chi connectivity index (χ2n) is 7.25. The third kappa shape index (κ3) is 7.98. The molecule has 0 aliphatic rings. The maximum Gasteiger partial charge on any atom is 0.0953 e. The average molecular weight is 356 g/mol. The molecular weight excluding hydrogens is 326 g/mol. The van der Waals surface area contributed by atoms with Gasteiger partial charge in [-0.25, -0.2) is 0 Å². The fraction of sp³-hybridized carbons (Fsp3) is 0.667. The molecular formula is C18H30BrNO. The van der Waals surface area contributed by atoms with Crippen LogP contribution in [0, 0.1) is 5.92 Å². The number of benzene rings is 1. The molecule has 0 saturated heterocycles. The molecule has 1 rings (SSSR count). The summed E-state index contributed by atoms with van der Waals surface area (Å²) in [6.07, 6.45) is 1.44. The van der Waals surface area contributed by atoms with Gasteiger partial charge >= 0.3 is 0 Å². The molecule has 0 fully saturated rings. The number of nitrogens with one attached hydrogen (secondary N) is 1. The van der Waals surface area contributed by atoms with Crippen LogP contribution in [-0.2, 0) is 4.74 Å². The predicted molar refractivity (Wildman–Crippen MR) is 94.6 cm³/mol. The van der Waals surface area contributed by atoms with Crippen LogP contribution in [0.15, 0.2) is 28.7 Å². The molecule has 0 radical (unpaired) electrons. The molecule has 0 heterocycles. The zero-order valence-electron chi connectivity index (χ0n) is 14.2. The summed E-state index contributed by atoms with van der Waals surface area (Å²) in [6, 6.07) is 8.44. The molecule has 2 unspecified atom stereocenters. The van der Waals surface area contributed by atoms with Crippen molar-refractivity contribution in [2.75, 3.05) is 6.54 Å². The van der Waals surface area contributed by atoms with E-state index in [-0.39, 0.29) is 17.7 Å². The molecule has 1 N–H and O–H groups in total. The molecule has 21 heavy (non-hydrogen) atoms. The molecule has 2 nitrogen and oxygen atoms in total. The van der Waals surface area contributed by atoms with E-state index in [4.69, 9.17) is 4.74 Å². The van der Waals surface area contributed by atoms with E-state index in [1.165, 1.54) is 5.56 Å². The van der Waals surface area contributed by atoms with Crippen LogP contribution in [0.5, 0.6) is 0 Å². The first kappa shape index (κ1) is 18.7. The van der Waals surface area contributed by atoms with Crippen molar-refractivity contribution in [1.82, 2.24) is 5.32 Å². The van der Waals surface area contributed by atoms with E-state index in [0.29, 0.717) is 5.92 Å². The first-order chi connectivity index (χ1) is 9.67. The largest absolute Gasteiger partial charge is 0.369 e. The number of ether oxygens (including phenoxy) is 1. The van der Waals surface area contributed by atoms with E-state index >= 15 is 0 Å². The third-order valence-electron chi connectivity index (χ3n) is 3.26. The Bertz CT molecular complexity index is 408. The zero-order chi connectivity index (χ0) is 16.0. The summed E-state index contributed by atoms with van der Waals surface area (Å²) < 4.78 is 7.41. The Morgan fingerprint density at radius 1 is 1.10 bits per heavy atom. The van der Waals surface area contributed by atoms with Gasteiger partial charge in [-0.05, 0) is 57.7 Å². The molecule has 1 aromatic rings. The summed E-state index contributed by atoms with van der Waals surface area (Å²) in [7, 11) is 0. The van der Waals surface area contributed by atoms with Crippen molar-refractivity contribution in [3.8, 4) is 0 Å². The molecule has 0 bridgehead atoms. The second kappa shape index (κ2) is 8.30. The fourth-order valence-corrected chi connectivity index (χ4v) is 2.59. The molecule has 0 saturated carbocycles. The molecule has 0 aromatic heterocycles. The van der Waals surface area contributed by atoms with E-state index in [1.807, 2.05) is 0 Å². The van der Waals surface area contributed by atoms with Gasteiger partial charge in [-0.1, -0.05) is 41.9 Å². The Balaban J connectivity index is 2.76. The first-order valence-electron chi connectivity index (χ1n) is 7.83. The zero-order valence-corrected chi connectivity index (χ0v) is 15.8. The van der Waals surface area contributed by atoms with Crippen LogP contribution in [0.3, 0.4) is 0 Å². The lowest BCUT2D eigenvalue weighted by Crippen LogP contribution is -2.39. The van der Waals surface area contributed by atoms with Crippen molar-refractivity contribution < 1.29 is 4.74 Å². The number of hydrogen-bond donors (Lipinski definition) is 1. The average Bonchev–Trinajstić information content (AvgIpc) is 2.33. The SMILES string of the molecule is CC(C)CC(C)OC(CNC(C)(C)C)c1ccc(Br)cc1. The van der Waals surface area contributed by atoms with Crippen molar-refractivity contribution in [2.45, 2.75) is 65.7 Å². The van der Waals surface area contributed by atoms with Gasteiger partial charge < -0.3 is 10.1 Å². The van der Waals surface area contributed by atoms with Crippen molar-refractivity contribution >= 4 is 15.9 Å². The maximum absolute atomic E-state index is 6.30. The quantitative estimate of drug-likeness (QED) is 0.713. The van der Waals surface area contributed by atoms with Crippen LogP contribution in [0.2, 0.25) is 0 Å². The monoisotopic (exact) mass is 355 g/mol. The molecule has 2 atom stereocenters. The first-order valence-corrected chi connectivity index (χ1v) is 8.62. The Morgan fingerprint density at radius 3 is 2.14 bits per heavy atom. The fourth-order valence-electron chi connectivity index (χ4n) is 2.32. The van der Waals surface area contributed by atoms with Gasteiger partial charge in [-0.15, -0.1) is 0 Å². The summed E-state index contributed by atoms with van der Waals surface area (Å²) in [5, 5.41) is 3.56. The van der Waals surface area contributed by atoms with Gasteiger partial charge in [-0.2, -0.15) is 0 Å². The molecule has 0 aliphatic heterocycles. The minimum Gasteiger partial charge on any atom is -0.369 e. The van der Waals surface area contributed by atoms with Crippen LogP contribution in [0.4, 0.5) is 0 Å². The van der Waals surface area contributed by atoms with Gasteiger partial charge in [0.1, 0.15) is 0 Å². The predicted octanol–water partition coefficient (Wildman–Crippen LogP) is 5.33. The summed E-state index contributed by atoms with van der Waals surface area (Å²) in [5.74, 6) is 0.654. The van der Waals surface area contributed by atoms with Gasteiger partial charge in [0.15, 0.2) is 0 Å². The number of halogens is 1. The third-order valence-corrected chi connectivity index (χ3v) is 3.79. The van der Waals surface area contributed by atoms with E-state index in [0.717, 1.165) is 17.4 Å². The van der Waals surface area contributed by atoms with Crippen molar-refractivity contribution in [3.63, 3.8) is 0 Å². The van der Waals surface area contributed by atoms with Crippen LogP contribution >= 0.6 is 15.9 Å². The van der Waals surface area contributed by atoms with E-state index in [1.54, 1.807) is 0 Å². The number of rotatable bonds is 7. The van der Waals surface area contributed by atoms with Crippen molar-refractivity contribution in [3.05, 3.63) is 34.3 Å². The summed E-state index contributed by atoms with van der Waals surface area (Å²) >= 11 is 3.49. The maximum atomic E-state index is 6.30. The van der Waals surface area contributed by atoms with Crippen LogP contribution in [0.1, 0.15) is 59.6 Å². The van der Waals surface area contributed by atoms with Crippen molar-refractivity contribution in [2.24, 2.45) is 5.92 Å². The highest BCUT2D eigenvalue weighted by atomic mass is 79.9. The topological polar surface area (TPSA) is 21.3 Å². The Hall–Kier alpha value is -0.380. The Labute approximate surface area is 138 Å². The summed E-state index contributed by atoms with van der Waals surface area (Å²) in [6.45, 7) is 14.0.